The van der Waals surface area contributed by atoms with E-state index in [1.807, 2.05) is 7.05 Å². The number of hydrogen-bond donors (Lipinski definition) is 1. The van der Waals surface area contributed by atoms with Crippen molar-refractivity contribution < 1.29 is 9.90 Å². The summed E-state index contributed by atoms with van der Waals surface area (Å²) < 4.78 is 0. The number of carbonyl (C=O) groups excluding carboxylic acids is 1. The van der Waals surface area contributed by atoms with E-state index in [4.69, 9.17) is 0 Å². The van der Waals surface area contributed by atoms with E-state index in [-0.39, 0.29) is 18.6 Å². The fourth-order valence-corrected chi connectivity index (χ4v) is 2.42. The highest BCUT2D eigenvalue weighted by Crippen LogP contribution is 2.14. The zero-order valence-corrected chi connectivity index (χ0v) is 15.0. The molecule has 0 aromatic heterocycles. The van der Waals surface area contributed by atoms with Crippen molar-refractivity contribution in [2.24, 2.45) is 0 Å². The Hall–Kier alpha value is -1.09. The first-order valence-corrected chi connectivity index (χ1v) is 8.79. The third kappa shape index (κ3) is 9.04. The number of hydrogen-bond acceptors (Lipinski definition) is 2. The molecular formula is C19H35NO2. The van der Waals surface area contributed by atoms with Crippen molar-refractivity contribution >= 4 is 5.91 Å². The largest absolute Gasteiger partial charge is 0.394 e. The van der Waals surface area contributed by atoms with Gasteiger partial charge in [-0.3, -0.25) is 4.79 Å². The molecule has 128 valence electrons. The van der Waals surface area contributed by atoms with E-state index in [1.54, 1.807) is 4.90 Å². The van der Waals surface area contributed by atoms with Crippen LogP contribution in [0, 0.1) is 0 Å². The molecule has 0 saturated heterocycles. The second-order valence-corrected chi connectivity index (χ2v) is 5.81. The Labute approximate surface area is 137 Å². The maximum atomic E-state index is 12.3. The Bertz CT molecular complexity index is 347. The normalized spacial score (nSPS) is 13.6. The highest BCUT2D eigenvalue weighted by atomic mass is 16.3. The summed E-state index contributed by atoms with van der Waals surface area (Å²) >= 11 is 0. The predicted molar refractivity (Wildman–Crippen MR) is 94.8 cm³/mol. The molecule has 1 unspecified atom stereocenters. The average Bonchev–Trinajstić information content (AvgIpc) is 2.54. The number of allylic oxidation sites excluding steroid dienone is 4. The molecule has 0 aromatic carbocycles. The standard InChI is InChI=1S/C19H35NO2/c1-5-8-10-11-12-17(7-3)14-15-19(22)20(4)18(16-21)13-9-6-2/h8,10,12,18,21H,5-7,9,11,13-16H2,1-4H3/b10-8-,17-12+. The lowest BCUT2D eigenvalue weighted by Crippen LogP contribution is -2.39. The van der Waals surface area contributed by atoms with Crippen LogP contribution in [0.15, 0.2) is 23.8 Å². The quantitative estimate of drug-likeness (QED) is 0.540. The van der Waals surface area contributed by atoms with Gasteiger partial charge in [0.2, 0.25) is 5.91 Å². The summed E-state index contributed by atoms with van der Waals surface area (Å²) in [6.45, 7) is 6.45. The first-order valence-electron chi connectivity index (χ1n) is 8.79. The summed E-state index contributed by atoms with van der Waals surface area (Å²) in [5.41, 5.74) is 1.34. The molecule has 0 aliphatic carbocycles. The SMILES string of the molecule is CC/C=C\C/C=C(\CC)CCC(=O)N(C)C(CO)CCCC. The van der Waals surface area contributed by atoms with Crippen LogP contribution in [-0.4, -0.2) is 35.6 Å². The molecule has 1 amide bonds. The van der Waals surface area contributed by atoms with Crippen LogP contribution < -0.4 is 0 Å². The van der Waals surface area contributed by atoms with Crippen LogP contribution in [0.5, 0.6) is 0 Å². The number of aliphatic hydroxyl groups is 1. The van der Waals surface area contributed by atoms with Gasteiger partial charge in [-0.15, -0.1) is 0 Å². The molecule has 0 bridgehead atoms. The Morgan fingerprint density at radius 3 is 2.45 bits per heavy atom. The van der Waals surface area contributed by atoms with E-state index < -0.39 is 0 Å². The van der Waals surface area contributed by atoms with Crippen molar-refractivity contribution in [2.75, 3.05) is 13.7 Å². The number of aliphatic hydroxyl groups excluding tert-OH is 1. The van der Waals surface area contributed by atoms with Gasteiger partial charge in [-0.25, -0.2) is 0 Å². The molecule has 0 spiro atoms. The predicted octanol–water partition coefficient (Wildman–Crippen LogP) is 4.47. The molecule has 0 aromatic rings. The van der Waals surface area contributed by atoms with Crippen molar-refractivity contribution in [1.29, 1.82) is 0 Å². The van der Waals surface area contributed by atoms with Crippen molar-refractivity contribution in [3.8, 4) is 0 Å². The first-order chi connectivity index (χ1) is 10.6. The van der Waals surface area contributed by atoms with Gasteiger partial charge in [-0.05, 0) is 32.1 Å². The lowest BCUT2D eigenvalue weighted by atomic mass is 10.0. The van der Waals surface area contributed by atoms with Crippen LogP contribution in [0.4, 0.5) is 0 Å². The van der Waals surface area contributed by atoms with Crippen molar-refractivity contribution in [3.05, 3.63) is 23.8 Å². The topological polar surface area (TPSA) is 40.5 Å². The van der Waals surface area contributed by atoms with Gasteiger partial charge in [0.05, 0.1) is 12.6 Å². The number of carbonyl (C=O) groups is 1. The van der Waals surface area contributed by atoms with Crippen LogP contribution in [0.25, 0.3) is 0 Å². The average molecular weight is 309 g/mol. The van der Waals surface area contributed by atoms with Crippen LogP contribution in [0.2, 0.25) is 0 Å². The fourth-order valence-electron chi connectivity index (χ4n) is 2.42. The molecule has 3 heteroatoms. The van der Waals surface area contributed by atoms with Crippen molar-refractivity contribution in [3.63, 3.8) is 0 Å². The van der Waals surface area contributed by atoms with Gasteiger partial charge in [-0.1, -0.05) is 57.4 Å². The minimum atomic E-state index is -0.0333. The fraction of sp³-hybridized carbons (Fsp3) is 0.737. The van der Waals surface area contributed by atoms with Crippen molar-refractivity contribution in [1.82, 2.24) is 4.90 Å². The molecule has 0 saturated carbocycles. The van der Waals surface area contributed by atoms with Gasteiger partial charge in [0.15, 0.2) is 0 Å². The van der Waals surface area contributed by atoms with E-state index in [1.165, 1.54) is 5.57 Å². The van der Waals surface area contributed by atoms with E-state index >= 15 is 0 Å². The minimum Gasteiger partial charge on any atom is -0.394 e. The zero-order chi connectivity index (χ0) is 16.8. The molecule has 0 fully saturated rings. The third-order valence-electron chi connectivity index (χ3n) is 4.10. The summed E-state index contributed by atoms with van der Waals surface area (Å²) in [5, 5.41) is 9.45. The summed E-state index contributed by atoms with van der Waals surface area (Å²) in [6.07, 6.45) is 14.0. The third-order valence-corrected chi connectivity index (χ3v) is 4.10. The summed E-state index contributed by atoms with van der Waals surface area (Å²) in [5.74, 6) is 0.138. The van der Waals surface area contributed by atoms with Gasteiger partial charge in [0, 0.05) is 13.5 Å². The number of amides is 1. The Balaban J connectivity index is 4.34. The van der Waals surface area contributed by atoms with Gasteiger partial charge in [0.25, 0.3) is 0 Å². The lowest BCUT2D eigenvalue weighted by Gasteiger charge is -2.27. The smallest absolute Gasteiger partial charge is 0.222 e. The summed E-state index contributed by atoms with van der Waals surface area (Å²) in [6, 6.07) is -0.0333. The minimum absolute atomic E-state index is 0.0333. The number of likely N-dealkylation sites (N-methyl/N-ethyl adjacent to an activating group) is 1. The molecule has 0 rings (SSSR count). The van der Waals surface area contributed by atoms with Crippen LogP contribution in [0.1, 0.15) is 72.1 Å². The van der Waals surface area contributed by atoms with Crippen LogP contribution in [-0.2, 0) is 4.79 Å². The molecule has 22 heavy (non-hydrogen) atoms. The molecule has 1 N–H and O–H groups in total. The maximum absolute atomic E-state index is 12.3. The van der Waals surface area contributed by atoms with E-state index in [9.17, 15) is 9.90 Å². The Morgan fingerprint density at radius 1 is 1.18 bits per heavy atom. The Morgan fingerprint density at radius 2 is 1.91 bits per heavy atom. The van der Waals surface area contributed by atoms with Gasteiger partial charge < -0.3 is 10.0 Å². The highest BCUT2D eigenvalue weighted by molar-refractivity contribution is 5.76. The molecule has 1 atom stereocenters. The monoisotopic (exact) mass is 309 g/mol. The number of rotatable bonds is 12. The second kappa shape index (κ2) is 13.6. The first kappa shape index (κ1) is 20.9. The van der Waals surface area contributed by atoms with E-state index in [2.05, 4.69) is 39.0 Å². The summed E-state index contributed by atoms with van der Waals surface area (Å²) in [4.78, 5) is 14.0. The lowest BCUT2D eigenvalue weighted by molar-refractivity contribution is -0.132. The van der Waals surface area contributed by atoms with Gasteiger partial charge in [-0.2, -0.15) is 0 Å². The van der Waals surface area contributed by atoms with E-state index in [0.29, 0.717) is 6.42 Å². The molecular weight excluding hydrogens is 274 g/mol. The number of nitrogens with zero attached hydrogens (tertiary/aromatic N) is 1. The maximum Gasteiger partial charge on any atom is 0.222 e. The number of unbranched alkanes of at least 4 members (excludes halogenated alkanes) is 1. The van der Waals surface area contributed by atoms with Gasteiger partial charge in [0.1, 0.15) is 0 Å². The Kier molecular flexibility index (Phi) is 12.9. The van der Waals surface area contributed by atoms with Crippen molar-refractivity contribution in [2.45, 2.75) is 78.2 Å². The molecule has 0 aliphatic rings. The van der Waals surface area contributed by atoms with Crippen LogP contribution in [0.3, 0.4) is 0 Å². The highest BCUT2D eigenvalue weighted by Gasteiger charge is 2.18. The molecule has 3 nitrogen and oxygen atoms in total. The molecule has 0 aliphatic heterocycles. The second-order valence-electron chi connectivity index (χ2n) is 5.81. The van der Waals surface area contributed by atoms with Crippen LogP contribution >= 0.6 is 0 Å². The summed E-state index contributed by atoms with van der Waals surface area (Å²) in [7, 11) is 1.82. The zero-order valence-electron chi connectivity index (χ0n) is 15.0. The molecule has 0 radical (unpaired) electrons. The van der Waals surface area contributed by atoms with E-state index in [0.717, 1.165) is 44.9 Å². The molecule has 0 heterocycles. The van der Waals surface area contributed by atoms with Gasteiger partial charge >= 0.3 is 0 Å².